The fourth-order valence-electron chi connectivity index (χ4n) is 2.52. The maximum atomic E-state index is 13.0. The Balaban J connectivity index is 1.92. The summed E-state index contributed by atoms with van der Waals surface area (Å²) in [5.41, 5.74) is 0.826. The summed E-state index contributed by atoms with van der Waals surface area (Å²) in [7, 11) is 1.57. The number of halogens is 1. The summed E-state index contributed by atoms with van der Waals surface area (Å²) in [6, 6.07) is 5.99. The zero-order valence-corrected chi connectivity index (χ0v) is 13.2. The van der Waals surface area contributed by atoms with E-state index in [4.69, 9.17) is 9.47 Å². The van der Waals surface area contributed by atoms with Crippen molar-refractivity contribution in [3.8, 4) is 0 Å². The molecule has 0 spiro atoms. The number of ether oxygens (including phenoxy) is 2. The van der Waals surface area contributed by atoms with Gasteiger partial charge in [0.15, 0.2) is 0 Å². The lowest BCUT2D eigenvalue weighted by atomic mass is 10.1. The molecule has 0 aromatic heterocycles. The number of hydrogen-bond acceptors (Lipinski definition) is 3. The first-order valence-corrected chi connectivity index (χ1v) is 7.47. The molecule has 1 heterocycles. The first-order valence-electron chi connectivity index (χ1n) is 7.47. The molecule has 0 saturated carbocycles. The molecule has 1 N–H and O–H groups in total. The van der Waals surface area contributed by atoms with Gasteiger partial charge in [0.1, 0.15) is 5.82 Å². The molecule has 1 aliphatic heterocycles. The normalized spacial score (nSPS) is 23.2. The van der Waals surface area contributed by atoms with Crippen LogP contribution in [0.5, 0.6) is 0 Å². The topological polar surface area (TPSA) is 50.8 Å². The van der Waals surface area contributed by atoms with Gasteiger partial charge < -0.3 is 19.7 Å². The highest BCUT2D eigenvalue weighted by atomic mass is 19.1. The van der Waals surface area contributed by atoms with Gasteiger partial charge in [-0.05, 0) is 31.5 Å². The van der Waals surface area contributed by atoms with Crippen LogP contribution in [0.2, 0.25) is 0 Å². The van der Waals surface area contributed by atoms with Gasteiger partial charge in [0.05, 0.1) is 24.9 Å². The number of hydrogen-bond donors (Lipinski definition) is 1. The molecule has 0 bridgehead atoms. The molecular weight excluding hydrogens is 287 g/mol. The number of carbonyl (C=O) groups excluding carboxylic acids is 1. The average molecular weight is 310 g/mol. The summed E-state index contributed by atoms with van der Waals surface area (Å²) in [6.07, 6.45) is -0.284. The van der Waals surface area contributed by atoms with Crippen LogP contribution >= 0.6 is 0 Å². The van der Waals surface area contributed by atoms with E-state index in [1.165, 1.54) is 12.1 Å². The highest BCUT2D eigenvalue weighted by Gasteiger charge is 2.29. The molecule has 3 atom stereocenters. The van der Waals surface area contributed by atoms with Crippen LogP contribution in [0.25, 0.3) is 0 Å². The zero-order valence-electron chi connectivity index (χ0n) is 13.2. The standard InChI is InChI=1S/C16H23FN2O3/c1-11-12(2)22-9-8-19(11)16(20)18-10-15(21-3)13-4-6-14(17)7-5-13/h4-7,11-12,15H,8-10H2,1-3H3,(H,18,20). The zero-order chi connectivity index (χ0) is 16.1. The van der Waals surface area contributed by atoms with Crippen LogP contribution in [-0.4, -0.2) is 49.9 Å². The Morgan fingerprint density at radius 1 is 1.45 bits per heavy atom. The molecule has 3 unspecified atom stereocenters. The van der Waals surface area contributed by atoms with Crippen molar-refractivity contribution in [2.45, 2.75) is 32.1 Å². The van der Waals surface area contributed by atoms with Gasteiger partial charge in [-0.25, -0.2) is 9.18 Å². The second kappa shape index (κ2) is 7.56. The Hall–Kier alpha value is -1.66. The predicted octanol–water partition coefficient (Wildman–Crippen LogP) is 2.33. The quantitative estimate of drug-likeness (QED) is 0.928. The van der Waals surface area contributed by atoms with Crippen LogP contribution in [0, 0.1) is 5.82 Å². The molecule has 1 aromatic carbocycles. The van der Waals surface area contributed by atoms with Crippen molar-refractivity contribution in [3.63, 3.8) is 0 Å². The van der Waals surface area contributed by atoms with Crippen molar-refractivity contribution in [3.05, 3.63) is 35.6 Å². The minimum atomic E-state index is -0.307. The molecule has 2 amide bonds. The number of morpholine rings is 1. The van der Waals surface area contributed by atoms with Crippen molar-refractivity contribution >= 4 is 6.03 Å². The lowest BCUT2D eigenvalue weighted by Crippen LogP contribution is -2.54. The molecule has 1 saturated heterocycles. The predicted molar refractivity (Wildman–Crippen MR) is 81.1 cm³/mol. The number of nitrogens with one attached hydrogen (secondary N) is 1. The van der Waals surface area contributed by atoms with Crippen molar-refractivity contribution in [1.29, 1.82) is 0 Å². The molecule has 0 aliphatic carbocycles. The first-order chi connectivity index (χ1) is 10.5. The Kier molecular flexibility index (Phi) is 5.74. The maximum absolute atomic E-state index is 13.0. The minimum absolute atomic E-state index is 0.0230. The summed E-state index contributed by atoms with van der Waals surface area (Å²) >= 11 is 0. The Morgan fingerprint density at radius 3 is 2.77 bits per heavy atom. The van der Waals surface area contributed by atoms with Crippen LogP contribution in [0.3, 0.4) is 0 Å². The van der Waals surface area contributed by atoms with Gasteiger partial charge in [0.2, 0.25) is 0 Å². The number of nitrogens with zero attached hydrogens (tertiary/aromatic N) is 1. The molecular formula is C16H23FN2O3. The maximum Gasteiger partial charge on any atom is 0.317 e. The van der Waals surface area contributed by atoms with Crippen LogP contribution in [0.4, 0.5) is 9.18 Å². The third-order valence-corrected chi connectivity index (χ3v) is 4.11. The van der Waals surface area contributed by atoms with E-state index in [2.05, 4.69) is 5.32 Å². The number of urea groups is 1. The third kappa shape index (κ3) is 3.96. The van der Waals surface area contributed by atoms with Crippen LogP contribution in [0.1, 0.15) is 25.5 Å². The van der Waals surface area contributed by atoms with Gasteiger partial charge in [-0.2, -0.15) is 0 Å². The fraction of sp³-hybridized carbons (Fsp3) is 0.562. The van der Waals surface area contributed by atoms with Crippen molar-refractivity contribution < 1.29 is 18.7 Å². The summed E-state index contributed by atoms with van der Waals surface area (Å²) in [4.78, 5) is 14.1. The van der Waals surface area contributed by atoms with Crippen LogP contribution in [0.15, 0.2) is 24.3 Å². The van der Waals surface area contributed by atoms with Crippen molar-refractivity contribution in [2.24, 2.45) is 0 Å². The lowest BCUT2D eigenvalue weighted by Gasteiger charge is -2.37. The molecule has 122 valence electrons. The number of carbonyl (C=O) groups is 1. The van der Waals surface area contributed by atoms with Gasteiger partial charge in [0, 0.05) is 20.2 Å². The third-order valence-electron chi connectivity index (χ3n) is 4.11. The number of benzene rings is 1. The largest absolute Gasteiger partial charge is 0.375 e. The molecule has 6 heteroatoms. The van der Waals surface area contributed by atoms with E-state index in [-0.39, 0.29) is 30.1 Å². The minimum Gasteiger partial charge on any atom is -0.375 e. The SMILES string of the molecule is COC(CNC(=O)N1CCOC(C)C1C)c1ccc(F)cc1. The number of rotatable bonds is 4. The van der Waals surface area contributed by atoms with E-state index in [1.54, 1.807) is 24.1 Å². The van der Waals surface area contributed by atoms with Gasteiger partial charge in [-0.15, -0.1) is 0 Å². The van der Waals surface area contributed by atoms with E-state index in [0.717, 1.165) is 5.56 Å². The molecule has 1 fully saturated rings. The summed E-state index contributed by atoms with van der Waals surface area (Å²) in [5, 5.41) is 2.88. The highest BCUT2D eigenvalue weighted by molar-refractivity contribution is 5.74. The molecule has 1 aliphatic rings. The summed E-state index contributed by atoms with van der Waals surface area (Å²) in [5.74, 6) is -0.293. The van der Waals surface area contributed by atoms with Crippen LogP contribution < -0.4 is 5.32 Å². The average Bonchev–Trinajstić information content (AvgIpc) is 2.52. The molecule has 22 heavy (non-hydrogen) atoms. The number of methoxy groups -OCH3 is 1. The van der Waals surface area contributed by atoms with E-state index in [9.17, 15) is 9.18 Å². The Labute approximate surface area is 130 Å². The molecule has 0 radical (unpaired) electrons. The van der Waals surface area contributed by atoms with Gasteiger partial charge in [-0.3, -0.25) is 0 Å². The van der Waals surface area contributed by atoms with Gasteiger partial charge in [-0.1, -0.05) is 12.1 Å². The first kappa shape index (κ1) is 16.7. The highest BCUT2D eigenvalue weighted by Crippen LogP contribution is 2.17. The smallest absolute Gasteiger partial charge is 0.317 e. The lowest BCUT2D eigenvalue weighted by molar-refractivity contribution is -0.0380. The van der Waals surface area contributed by atoms with Crippen LogP contribution in [-0.2, 0) is 9.47 Å². The summed E-state index contributed by atoms with van der Waals surface area (Å²) < 4.78 is 23.9. The Bertz CT molecular complexity index is 495. The second-order valence-corrected chi connectivity index (χ2v) is 5.47. The molecule has 2 rings (SSSR count). The van der Waals surface area contributed by atoms with E-state index in [0.29, 0.717) is 19.7 Å². The van der Waals surface area contributed by atoms with E-state index < -0.39 is 0 Å². The van der Waals surface area contributed by atoms with Gasteiger partial charge in [0.25, 0.3) is 0 Å². The second-order valence-electron chi connectivity index (χ2n) is 5.47. The molecule has 1 aromatic rings. The Morgan fingerprint density at radius 2 is 2.14 bits per heavy atom. The molecule has 5 nitrogen and oxygen atoms in total. The summed E-state index contributed by atoms with van der Waals surface area (Å²) in [6.45, 7) is 5.38. The van der Waals surface area contributed by atoms with Crippen molar-refractivity contribution in [1.82, 2.24) is 10.2 Å². The number of amides is 2. The monoisotopic (exact) mass is 310 g/mol. The van der Waals surface area contributed by atoms with Crippen molar-refractivity contribution in [2.75, 3.05) is 26.8 Å². The van der Waals surface area contributed by atoms with E-state index in [1.807, 2.05) is 13.8 Å². The van der Waals surface area contributed by atoms with E-state index >= 15 is 0 Å². The fourth-order valence-corrected chi connectivity index (χ4v) is 2.52. The van der Waals surface area contributed by atoms with Gasteiger partial charge >= 0.3 is 6.03 Å².